The van der Waals surface area contributed by atoms with Crippen LogP contribution >= 0.6 is 0 Å². The smallest absolute Gasteiger partial charge is 0.248 e. The Bertz CT molecular complexity index is 480. The fourth-order valence-corrected chi connectivity index (χ4v) is 2.65. The molecule has 0 aromatic heterocycles. The summed E-state index contributed by atoms with van der Waals surface area (Å²) in [4.78, 5) is 23.0. The lowest BCUT2D eigenvalue weighted by Crippen LogP contribution is -2.38. The second-order valence-corrected chi connectivity index (χ2v) is 5.50. The van der Waals surface area contributed by atoms with Crippen LogP contribution in [0.5, 0.6) is 0 Å². The molecule has 1 saturated carbocycles. The number of nitrogens with one attached hydrogen (secondary N) is 1. The Morgan fingerprint density at radius 1 is 1.29 bits per heavy atom. The van der Waals surface area contributed by atoms with Crippen molar-refractivity contribution in [2.45, 2.75) is 44.1 Å². The second kappa shape index (κ2) is 6.78. The predicted molar refractivity (Wildman–Crippen MR) is 74.9 cm³/mol. The van der Waals surface area contributed by atoms with Crippen molar-refractivity contribution in [1.82, 2.24) is 5.32 Å². The molecule has 21 heavy (non-hydrogen) atoms. The molecule has 0 spiro atoms. The molecule has 1 atom stereocenters. The molecule has 0 bridgehead atoms. The summed E-state index contributed by atoms with van der Waals surface area (Å²) in [5, 5.41) is 2.82. The van der Waals surface area contributed by atoms with E-state index in [9.17, 15) is 18.4 Å². The molecular weight excluding hydrogens is 276 g/mol. The van der Waals surface area contributed by atoms with E-state index < -0.39 is 12.0 Å². The molecule has 0 unspecified atom stereocenters. The van der Waals surface area contributed by atoms with E-state index >= 15 is 0 Å². The van der Waals surface area contributed by atoms with Crippen LogP contribution in [0.3, 0.4) is 0 Å². The minimum absolute atomic E-state index is 0.179. The Morgan fingerprint density at radius 3 is 2.48 bits per heavy atom. The number of halogens is 2. The van der Waals surface area contributed by atoms with Gasteiger partial charge in [-0.15, -0.1) is 0 Å². The minimum atomic E-state index is -2.64. The summed E-state index contributed by atoms with van der Waals surface area (Å²) in [6.45, 7) is 0. The zero-order valence-electron chi connectivity index (χ0n) is 11.7. The molecule has 114 valence electrons. The number of aldehydes is 1. The van der Waals surface area contributed by atoms with Crippen LogP contribution in [0, 0.1) is 5.92 Å². The van der Waals surface area contributed by atoms with E-state index in [1.807, 2.05) is 30.3 Å². The van der Waals surface area contributed by atoms with E-state index in [4.69, 9.17) is 0 Å². The summed E-state index contributed by atoms with van der Waals surface area (Å²) >= 11 is 0. The first-order chi connectivity index (χ1) is 10.0. The first-order valence-corrected chi connectivity index (χ1v) is 7.18. The highest BCUT2D eigenvalue weighted by atomic mass is 19.3. The Balaban J connectivity index is 1.97. The summed E-state index contributed by atoms with van der Waals surface area (Å²) in [6.07, 6.45) is 0.845. The molecule has 5 heteroatoms. The van der Waals surface area contributed by atoms with E-state index in [0.29, 0.717) is 0 Å². The molecule has 1 aliphatic carbocycles. The molecule has 1 aromatic carbocycles. The maximum atomic E-state index is 13.1. The van der Waals surface area contributed by atoms with Gasteiger partial charge in [-0.25, -0.2) is 8.78 Å². The standard InChI is InChI=1S/C16H19F2NO2/c17-16(18)9-6-13(7-10-16)15(21)19-14(8-11-20)12-4-2-1-3-5-12/h1-5,11,13-14H,6-10H2,(H,19,21)/t14-/m1/s1. The highest BCUT2D eigenvalue weighted by molar-refractivity contribution is 5.79. The van der Waals surface area contributed by atoms with Crippen molar-refractivity contribution < 1.29 is 18.4 Å². The van der Waals surface area contributed by atoms with Crippen LogP contribution in [0.2, 0.25) is 0 Å². The van der Waals surface area contributed by atoms with E-state index in [-0.39, 0.29) is 43.9 Å². The van der Waals surface area contributed by atoms with E-state index in [0.717, 1.165) is 11.8 Å². The van der Waals surface area contributed by atoms with Gasteiger partial charge in [0.05, 0.1) is 6.04 Å². The van der Waals surface area contributed by atoms with Crippen LogP contribution in [0.25, 0.3) is 0 Å². The van der Waals surface area contributed by atoms with Gasteiger partial charge in [0.2, 0.25) is 11.8 Å². The molecule has 1 aromatic rings. The maximum absolute atomic E-state index is 13.1. The number of benzene rings is 1. The first-order valence-electron chi connectivity index (χ1n) is 7.18. The normalized spacial score (nSPS) is 19.7. The van der Waals surface area contributed by atoms with E-state index in [2.05, 4.69) is 5.32 Å². The number of rotatable bonds is 5. The molecular formula is C16H19F2NO2. The van der Waals surface area contributed by atoms with Crippen LogP contribution < -0.4 is 5.32 Å². The van der Waals surface area contributed by atoms with E-state index in [1.54, 1.807) is 0 Å². The molecule has 3 nitrogen and oxygen atoms in total. The van der Waals surface area contributed by atoms with Crippen molar-refractivity contribution in [3.63, 3.8) is 0 Å². The van der Waals surface area contributed by atoms with Gasteiger partial charge < -0.3 is 10.1 Å². The number of hydrogen-bond acceptors (Lipinski definition) is 2. The zero-order chi connectivity index (χ0) is 15.3. The second-order valence-electron chi connectivity index (χ2n) is 5.50. The third kappa shape index (κ3) is 4.34. The van der Waals surface area contributed by atoms with Crippen molar-refractivity contribution in [3.8, 4) is 0 Å². The predicted octanol–water partition coefficient (Wildman–Crippen LogP) is 3.26. The molecule has 2 rings (SSSR count). The van der Waals surface area contributed by atoms with Gasteiger partial charge in [-0.05, 0) is 18.4 Å². The Labute approximate surface area is 122 Å². The fraction of sp³-hybridized carbons (Fsp3) is 0.500. The number of carbonyl (C=O) groups is 2. The third-order valence-corrected chi connectivity index (χ3v) is 3.94. The van der Waals surface area contributed by atoms with Gasteiger partial charge in [0.15, 0.2) is 0 Å². The van der Waals surface area contributed by atoms with Crippen LogP contribution in [0.15, 0.2) is 30.3 Å². The van der Waals surface area contributed by atoms with Gasteiger partial charge in [-0.1, -0.05) is 30.3 Å². The maximum Gasteiger partial charge on any atom is 0.248 e. The first kappa shape index (κ1) is 15.6. The summed E-state index contributed by atoms with van der Waals surface area (Å²) in [5.41, 5.74) is 0.846. The molecule has 0 radical (unpaired) electrons. The van der Waals surface area contributed by atoms with Crippen LogP contribution in [-0.4, -0.2) is 18.1 Å². The van der Waals surface area contributed by atoms with Gasteiger partial charge in [0, 0.05) is 25.2 Å². The van der Waals surface area contributed by atoms with Crippen molar-refractivity contribution in [2.24, 2.45) is 5.92 Å². The van der Waals surface area contributed by atoms with Crippen molar-refractivity contribution in [3.05, 3.63) is 35.9 Å². The summed E-state index contributed by atoms with van der Waals surface area (Å²) in [6, 6.07) is 8.80. The average Bonchev–Trinajstić information content (AvgIpc) is 2.47. The van der Waals surface area contributed by atoms with Gasteiger partial charge in [-0.3, -0.25) is 4.79 Å². The fourth-order valence-electron chi connectivity index (χ4n) is 2.65. The Morgan fingerprint density at radius 2 is 1.90 bits per heavy atom. The molecule has 1 aliphatic rings. The topological polar surface area (TPSA) is 46.2 Å². The molecule has 1 fully saturated rings. The zero-order valence-corrected chi connectivity index (χ0v) is 11.7. The molecule has 0 saturated heterocycles. The molecule has 0 heterocycles. The van der Waals surface area contributed by atoms with Crippen molar-refractivity contribution in [2.75, 3.05) is 0 Å². The summed E-state index contributed by atoms with van der Waals surface area (Å²) in [7, 11) is 0. The molecule has 1 N–H and O–H groups in total. The lowest BCUT2D eigenvalue weighted by Gasteiger charge is -2.28. The van der Waals surface area contributed by atoms with Crippen molar-refractivity contribution >= 4 is 12.2 Å². The monoisotopic (exact) mass is 295 g/mol. The van der Waals surface area contributed by atoms with Gasteiger partial charge in [0.25, 0.3) is 0 Å². The number of alkyl halides is 2. The van der Waals surface area contributed by atoms with Crippen LogP contribution in [0.1, 0.15) is 43.7 Å². The number of amides is 1. The number of carbonyl (C=O) groups excluding carboxylic acids is 2. The SMILES string of the molecule is O=CC[C@@H](NC(=O)C1CCC(F)(F)CC1)c1ccccc1. The van der Waals surface area contributed by atoms with Crippen LogP contribution in [0.4, 0.5) is 8.78 Å². The van der Waals surface area contributed by atoms with E-state index in [1.165, 1.54) is 0 Å². The number of hydrogen-bond donors (Lipinski definition) is 1. The highest BCUT2D eigenvalue weighted by Crippen LogP contribution is 2.36. The van der Waals surface area contributed by atoms with Gasteiger partial charge in [0.1, 0.15) is 6.29 Å². The third-order valence-electron chi connectivity index (χ3n) is 3.94. The lowest BCUT2D eigenvalue weighted by atomic mass is 9.86. The lowest BCUT2D eigenvalue weighted by molar-refractivity contribution is -0.130. The highest BCUT2D eigenvalue weighted by Gasteiger charge is 2.37. The Kier molecular flexibility index (Phi) is 5.04. The van der Waals surface area contributed by atoms with Gasteiger partial charge in [-0.2, -0.15) is 0 Å². The molecule has 0 aliphatic heterocycles. The summed E-state index contributed by atoms with van der Waals surface area (Å²) in [5.74, 6) is -3.26. The van der Waals surface area contributed by atoms with Crippen LogP contribution in [-0.2, 0) is 9.59 Å². The molecule has 1 amide bonds. The van der Waals surface area contributed by atoms with Gasteiger partial charge >= 0.3 is 0 Å². The summed E-state index contributed by atoms with van der Waals surface area (Å²) < 4.78 is 26.2. The largest absolute Gasteiger partial charge is 0.349 e. The Hall–Kier alpha value is -1.78. The average molecular weight is 295 g/mol. The van der Waals surface area contributed by atoms with Crippen molar-refractivity contribution in [1.29, 1.82) is 0 Å². The quantitative estimate of drug-likeness (QED) is 0.848. The minimum Gasteiger partial charge on any atom is -0.349 e.